The number of alkyl halides is 3. The van der Waals surface area contributed by atoms with Crippen molar-refractivity contribution in [2.45, 2.75) is 25.7 Å². The van der Waals surface area contributed by atoms with Gasteiger partial charge in [0, 0.05) is 31.1 Å². The Morgan fingerprint density at radius 2 is 1.87 bits per heavy atom. The van der Waals surface area contributed by atoms with Gasteiger partial charge in [0.15, 0.2) is 17.0 Å². The molecule has 0 aliphatic heterocycles. The van der Waals surface area contributed by atoms with E-state index in [0.29, 0.717) is 5.69 Å². The predicted octanol–water partition coefficient (Wildman–Crippen LogP) is 1.40. The summed E-state index contributed by atoms with van der Waals surface area (Å²) in [7, 11) is 1.44. The Bertz CT molecular complexity index is 1790. The molecule has 0 bridgehead atoms. The van der Waals surface area contributed by atoms with Gasteiger partial charge < -0.3 is 14.4 Å². The van der Waals surface area contributed by atoms with Crippen molar-refractivity contribution < 1.29 is 22.5 Å². The molecule has 0 aromatic carbocycles. The smallest absolute Gasteiger partial charge is 0.364 e. The van der Waals surface area contributed by atoms with Gasteiger partial charge in [0.05, 0.1) is 31.0 Å². The van der Waals surface area contributed by atoms with E-state index < -0.39 is 35.2 Å². The molecule has 0 saturated heterocycles. The van der Waals surface area contributed by atoms with Gasteiger partial charge in [-0.1, -0.05) is 5.16 Å². The van der Waals surface area contributed by atoms with E-state index in [2.05, 4.69) is 35.4 Å². The zero-order valence-corrected chi connectivity index (χ0v) is 20.1. The lowest BCUT2D eigenvalue weighted by atomic mass is 10.2. The first-order valence-corrected chi connectivity index (χ1v) is 11.1. The molecular weight excluding hydrogens is 525 g/mol. The number of carbonyl (C=O) groups is 1. The van der Waals surface area contributed by atoms with Gasteiger partial charge >= 0.3 is 11.9 Å². The second-order valence-corrected chi connectivity index (χ2v) is 8.30. The highest BCUT2D eigenvalue weighted by atomic mass is 19.4. The van der Waals surface area contributed by atoms with Crippen molar-refractivity contribution in [2.75, 3.05) is 5.32 Å². The number of fused-ring (bicyclic) bond motifs is 1. The van der Waals surface area contributed by atoms with Crippen LogP contribution in [0.25, 0.3) is 22.4 Å². The molecule has 39 heavy (non-hydrogen) atoms. The molecule has 14 nitrogen and oxygen atoms in total. The van der Waals surface area contributed by atoms with Crippen molar-refractivity contribution in [1.82, 2.24) is 43.8 Å². The summed E-state index contributed by atoms with van der Waals surface area (Å²) in [6, 6.07) is 0.510. The lowest BCUT2D eigenvalue weighted by Crippen LogP contribution is -2.40. The van der Waals surface area contributed by atoms with Crippen LogP contribution < -0.4 is 16.6 Å². The third-order valence-corrected chi connectivity index (χ3v) is 5.75. The van der Waals surface area contributed by atoms with Crippen LogP contribution in [0.1, 0.15) is 24.5 Å². The van der Waals surface area contributed by atoms with Crippen molar-refractivity contribution in [3.8, 4) is 11.3 Å². The molecule has 0 aliphatic carbocycles. The molecule has 17 heteroatoms. The molecule has 1 atom stereocenters. The number of anilines is 1. The fourth-order valence-corrected chi connectivity index (χ4v) is 3.73. The maximum absolute atomic E-state index is 13.3. The van der Waals surface area contributed by atoms with E-state index in [9.17, 15) is 27.6 Å². The second kappa shape index (κ2) is 9.58. The number of halogens is 3. The maximum Gasteiger partial charge on any atom is 0.451 e. The first-order valence-electron chi connectivity index (χ1n) is 11.1. The number of nitrogens with one attached hydrogen (secondary N) is 1. The monoisotopic (exact) mass is 542 g/mol. The lowest BCUT2D eigenvalue weighted by Gasteiger charge is -2.15. The Morgan fingerprint density at radius 3 is 2.54 bits per heavy atom. The van der Waals surface area contributed by atoms with Crippen LogP contribution in [0, 0.1) is 0 Å². The van der Waals surface area contributed by atoms with Crippen LogP contribution in [0.15, 0.2) is 57.6 Å². The van der Waals surface area contributed by atoms with E-state index in [4.69, 9.17) is 4.52 Å². The second-order valence-electron chi connectivity index (χ2n) is 8.30. The van der Waals surface area contributed by atoms with Gasteiger partial charge in [0.25, 0.3) is 5.56 Å². The molecule has 0 fully saturated rings. The number of rotatable bonds is 6. The summed E-state index contributed by atoms with van der Waals surface area (Å²) in [5, 5.41) is 6.28. The SMILES string of the molecule is CC(C(=O)Nc1cncc(-c2cnc(C(F)(F)F)nc2)n1)n1cnc2c1c(=O)n(Cc1ccon1)c(=O)n2C. The zero-order valence-electron chi connectivity index (χ0n) is 20.1. The minimum Gasteiger partial charge on any atom is -0.364 e. The molecule has 1 amide bonds. The van der Waals surface area contributed by atoms with Crippen molar-refractivity contribution in [3.05, 3.63) is 75.8 Å². The quantitative estimate of drug-likeness (QED) is 0.331. The number of nitrogens with zero attached hydrogens (tertiary/aromatic N) is 9. The summed E-state index contributed by atoms with van der Waals surface area (Å²) in [5.41, 5.74) is -0.617. The van der Waals surface area contributed by atoms with Gasteiger partial charge in [0.1, 0.15) is 18.0 Å². The molecule has 1 unspecified atom stereocenters. The van der Waals surface area contributed by atoms with Gasteiger partial charge in [-0.15, -0.1) is 0 Å². The average molecular weight is 542 g/mol. The normalized spacial score (nSPS) is 12.5. The molecule has 1 N–H and O–H groups in total. The molecule has 0 saturated carbocycles. The molecule has 200 valence electrons. The van der Waals surface area contributed by atoms with Crippen LogP contribution in [0.2, 0.25) is 0 Å². The summed E-state index contributed by atoms with van der Waals surface area (Å²) in [5.74, 6) is -1.92. The minimum atomic E-state index is -4.70. The summed E-state index contributed by atoms with van der Waals surface area (Å²) >= 11 is 0. The number of aromatic nitrogens is 9. The topological polar surface area (TPSA) is 169 Å². The summed E-state index contributed by atoms with van der Waals surface area (Å²) in [4.78, 5) is 58.0. The van der Waals surface area contributed by atoms with Gasteiger partial charge in [0.2, 0.25) is 11.7 Å². The first kappa shape index (κ1) is 25.4. The number of hydrogen-bond acceptors (Lipinski definition) is 10. The third kappa shape index (κ3) is 4.76. The molecule has 0 aliphatic rings. The van der Waals surface area contributed by atoms with Gasteiger partial charge in [-0.3, -0.25) is 23.7 Å². The molecule has 5 rings (SSSR count). The average Bonchev–Trinajstić information content (AvgIpc) is 3.60. The zero-order chi connectivity index (χ0) is 27.9. The van der Waals surface area contributed by atoms with Crippen LogP contribution in [-0.4, -0.2) is 49.7 Å². The van der Waals surface area contributed by atoms with E-state index in [0.717, 1.165) is 17.0 Å². The third-order valence-electron chi connectivity index (χ3n) is 5.75. The Labute approximate surface area is 214 Å². The van der Waals surface area contributed by atoms with Crippen molar-refractivity contribution in [3.63, 3.8) is 0 Å². The molecule has 0 spiro atoms. The molecule has 5 aromatic heterocycles. The number of amides is 1. The van der Waals surface area contributed by atoms with Crippen LogP contribution in [-0.2, 0) is 24.6 Å². The minimum absolute atomic E-state index is 0.00461. The number of imidazole rings is 1. The largest absolute Gasteiger partial charge is 0.451 e. The molecule has 0 radical (unpaired) electrons. The summed E-state index contributed by atoms with van der Waals surface area (Å²) in [6.07, 6.45) is 2.27. The Kier molecular flexibility index (Phi) is 6.25. The summed E-state index contributed by atoms with van der Waals surface area (Å²) in [6.45, 7) is 1.35. The fraction of sp³-hybridized carbons (Fsp3) is 0.227. The summed E-state index contributed by atoms with van der Waals surface area (Å²) < 4.78 is 46.4. The van der Waals surface area contributed by atoms with Gasteiger partial charge in [-0.2, -0.15) is 13.2 Å². The highest BCUT2D eigenvalue weighted by Gasteiger charge is 2.34. The standard InChI is InChI=1S/C22H17F3N10O4/c1-11(18(36)31-15-8-26-7-14(30-15)12-5-27-20(28-6-12)22(23,24)25)35-10-29-17-16(35)19(37)34(21(38)33(17)2)9-13-3-4-39-32-13/h3-8,10-11H,9H2,1-2H3,(H,30,31,36). The van der Waals surface area contributed by atoms with E-state index in [1.807, 2.05) is 0 Å². The Hall–Kier alpha value is -5.22. The number of carbonyl (C=O) groups excluding carboxylic acids is 1. The predicted molar refractivity (Wildman–Crippen MR) is 126 cm³/mol. The van der Waals surface area contributed by atoms with Crippen molar-refractivity contribution in [2.24, 2.45) is 7.05 Å². The van der Waals surface area contributed by atoms with Crippen LogP contribution in [0.5, 0.6) is 0 Å². The van der Waals surface area contributed by atoms with Gasteiger partial charge in [-0.25, -0.2) is 24.7 Å². The van der Waals surface area contributed by atoms with E-state index in [1.54, 1.807) is 0 Å². The van der Waals surface area contributed by atoms with Gasteiger partial charge in [-0.05, 0) is 6.92 Å². The van der Waals surface area contributed by atoms with E-state index >= 15 is 0 Å². The van der Waals surface area contributed by atoms with Crippen molar-refractivity contribution in [1.29, 1.82) is 0 Å². The molecular formula is C22H17F3N10O4. The Morgan fingerprint density at radius 1 is 1.13 bits per heavy atom. The van der Waals surface area contributed by atoms with Crippen LogP contribution >= 0.6 is 0 Å². The molecule has 5 heterocycles. The van der Waals surface area contributed by atoms with Crippen LogP contribution in [0.3, 0.4) is 0 Å². The maximum atomic E-state index is 13.3. The highest BCUT2D eigenvalue weighted by molar-refractivity contribution is 5.93. The lowest BCUT2D eigenvalue weighted by molar-refractivity contribution is -0.145. The van der Waals surface area contributed by atoms with Crippen LogP contribution in [0.4, 0.5) is 19.0 Å². The fourth-order valence-electron chi connectivity index (χ4n) is 3.73. The van der Waals surface area contributed by atoms with E-state index in [1.165, 1.54) is 54.2 Å². The number of aryl methyl sites for hydroxylation is 1. The first-order chi connectivity index (χ1) is 18.5. The molecule has 5 aromatic rings. The highest BCUT2D eigenvalue weighted by Crippen LogP contribution is 2.26. The van der Waals surface area contributed by atoms with E-state index in [-0.39, 0.29) is 34.8 Å². The number of hydrogen-bond donors (Lipinski definition) is 1. The Balaban J connectivity index is 1.43. The van der Waals surface area contributed by atoms with Crippen molar-refractivity contribution >= 4 is 22.9 Å².